The van der Waals surface area contributed by atoms with E-state index in [1.54, 1.807) is 15.3 Å². The first-order valence-electron chi connectivity index (χ1n) is 9.00. The molecular weight excluding hydrogens is 372 g/mol. The molecule has 7 nitrogen and oxygen atoms in total. The third-order valence-corrected chi connectivity index (χ3v) is 7.71. The van der Waals surface area contributed by atoms with Gasteiger partial charge in [-0.15, -0.1) is 11.3 Å². The van der Waals surface area contributed by atoms with E-state index in [1.807, 2.05) is 12.3 Å². The second-order valence-corrected chi connectivity index (χ2v) is 10.2. The molecule has 9 heteroatoms. The summed E-state index contributed by atoms with van der Waals surface area (Å²) in [6.45, 7) is 7.25. The number of fused-ring (bicyclic) bond motifs is 1. The fourth-order valence-electron chi connectivity index (χ4n) is 3.10. The second-order valence-electron chi connectivity index (χ2n) is 7.34. The van der Waals surface area contributed by atoms with Gasteiger partial charge in [0, 0.05) is 25.6 Å². The van der Waals surface area contributed by atoms with Crippen molar-refractivity contribution in [2.24, 2.45) is 5.92 Å². The quantitative estimate of drug-likeness (QED) is 0.808. The summed E-state index contributed by atoms with van der Waals surface area (Å²) in [6, 6.07) is 1.50. The Kier molecular flexibility index (Phi) is 5.69. The molecule has 0 fully saturated rings. The molecule has 3 rings (SSSR count). The average molecular weight is 399 g/mol. The number of nitrogens with one attached hydrogen (secondary N) is 1. The van der Waals surface area contributed by atoms with Crippen LogP contribution in [-0.2, 0) is 29.5 Å². The van der Waals surface area contributed by atoms with Gasteiger partial charge < -0.3 is 0 Å². The number of sulfonamides is 1. The van der Waals surface area contributed by atoms with Gasteiger partial charge in [0.25, 0.3) is 0 Å². The van der Waals surface area contributed by atoms with Gasteiger partial charge in [0.2, 0.25) is 10.0 Å². The van der Waals surface area contributed by atoms with E-state index in [0.29, 0.717) is 42.5 Å². The predicted octanol–water partition coefficient (Wildman–Crippen LogP) is 2.14. The maximum atomic E-state index is 12.5. The van der Waals surface area contributed by atoms with Gasteiger partial charge in [-0.05, 0) is 49.1 Å². The van der Waals surface area contributed by atoms with Crippen LogP contribution in [-0.4, -0.2) is 28.8 Å². The van der Waals surface area contributed by atoms with E-state index in [1.165, 1.54) is 11.3 Å². The first-order chi connectivity index (χ1) is 12.3. The smallest absolute Gasteiger partial charge is 0.279 e. The molecule has 2 aromatic heterocycles. The number of hydrogen-bond acceptors (Lipinski definition) is 5. The van der Waals surface area contributed by atoms with E-state index < -0.39 is 10.0 Å². The van der Waals surface area contributed by atoms with Gasteiger partial charge in [-0.2, -0.15) is 5.10 Å². The molecule has 0 spiro atoms. The fourth-order valence-corrected chi connectivity index (χ4v) is 5.65. The standard InChI is InChI=1S/C17H26N4O3S2/c1-12(2)6-9-21-17(22)20-8-7-14(4-5-15(20)18-21)19-26(23,24)16-10-13(3)11-25-16/h10-12,14,19H,4-9H2,1-3H3. The third kappa shape index (κ3) is 4.27. The summed E-state index contributed by atoms with van der Waals surface area (Å²) < 4.78 is 31.4. The van der Waals surface area contributed by atoms with Gasteiger partial charge in [0.15, 0.2) is 0 Å². The zero-order valence-electron chi connectivity index (χ0n) is 15.4. The van der Waals surface area contributed by atoms with Crippen molar-refractivity contribution in [3.05, 3.63) is 33.3 Å². The third-order valence-electron chi connectivity index (χ3n) is 4.63. The van der Waals surface area contributed by atoms with E-state index in [4.69, 9.17) is 0 Å². The number of thiophene rings is 1. The normalized spacial score (nSPS) is 18.1. The number of aryl methyl sites for hydroxylation is 3. The van der Waals surface area contributed by atoms with E-state index in [9.17, 15) is 13.2 Å². The minimum absolute atomic E-state index is 0.0851. The molecule has 1 aliphatic rings. The molecule has 26 heavy (non-hydrogen) atoms. The first-order valence-corrected chi connectivity index (χ1v) is 11.4. The minimum atomic E-state index is -3.51. The van der Waals surface area contributed by atoms with Gasteiger partial charge in [0.1, 0.15) is 10.0 Å². The molecule has 0 saturated carbocycles. The van der Waals surface area contributed by atoms with Crippen molar-refractivity contribution in [1.29, 1.82) is 0 Å². The maximum absolute atomic E-state index is 12.5. The van der Waals surface area contributed by atoms with Crippen LogP contribution in [0.2, 0.25) is 0 Å². The summed E-state index contributed by atoms with van der Waals surface area (Å²) in [5, 5.41) is 6.30. The van der Waals surface area contributed by atoms with Gasteiger partial charge in [-0.1, -0.05) is 13.8 Å². The molecule has 0 aliphatic carbocycles. The summed E-state index contributed by atoms with van der Waals surface area (Å²) in [5.74, 6) is 1.27. The Morgan fingerprint density at radius 1 is 1.38 bits per heavy atom. The lowest BCUT2D eigenvalue weighted by molar-refractivity contribution is 0.458. The zero-order chi connectivity index (χ0) is 18.9. The molecule has 0 amide bonds. The first kappa shape index (κ1) is 19.3. The Morgan fingerprint density at radius 2 is 2.15 bits per heavy atom. The SMILES string of the molecule is Cc1csc(S(=O)(=O)NC2CCc3nn(CCC(C)C)c(=O)n3CC2)c1. The largest absolute Gasteiger partial charge is 0.345 e. The molecule has 0 radical (unpaired) electrons. The molecule has 0 bridgehead atoms. The van der Waals surface area contributed by atoms with E-state index in [2.05, 4.69) is 23.7 Å². The molecule has 1 unspecified atom stereocenters. The van der Waals surface area contributed by atoms with E-state index in [0.717, 1.165) is 17.8 Å². The van der Waals surface area contributed by atoms with Crippen LogP contribution in [0.1, 0.15) is 44.5 Å². The summed E-state index contributed by atoms with van der Waals surface area (Å²) in [7, 11) is -3.51. The van der Waals surface area contributed by atoms with Crippen molar-refractivity contribution < 1.29 is 8.42 Å². The van der Waals surface area contributed by atoms with Crippen LogP contribution < -0.4 is 10.4 Å². The van der Waals surface area contributed by atoms with Crippen molar-refractivity contribution in [3.63, 3.8) is 0 Å². The number of aromatic nitrogens is 3. The minimum Gasteiger partial charge on any atom is -0.279 e. The van der Waals surface area contributed by atoms with Crippen molar-refractivity contribution in [2.45, 2.75) is 69.8 Å². The number of nitrogens with zero attached hydrogens (tertiary/aromatic N) is 3. The molecule has 1 aliphatic heterocycles. The van der Waals surface area contributed by atoms with Crippen molar-refractivity contribution in [2.75, 3.05) is 0 Å². The lowest BCUT2D eigenvalue weighted by atomic mass is 10.1. The molecule has 3 heterocycles. The van der Waals surface area contributed by atoms with Crippen molar-refractivity contribution in [1.82, 2.24) is 19.1 Å². The Morgan fingerprint density at radius 3 is 2.81 bits per heavy atom. The Balaban J connectivity index is 1.68. The highest BCUT2D eigenvalue weighted by molar-refractivity contribution is 7.91. The van der Waals surface area contributed by atoms with E-state index >= 15 is 0 Å². The molecular formula is C17H26N4O3S2. The molecule has 2 aromatic rings. The predicted molar refractivity (Wildman–Crippen MR) is 102 cm³/mol. The summed E-state index contributed by atoms with van der Waals surface area (Å²) in [5.41, 5.74) is 0.858. The Labute approximate surface area is 158 Å². The highest BCUT2D eigenvalue weighted by atomic mass is 32.2. The molecule has 144 valence electrons. The highest BCUT2D eigenvalue weighted by Gasteiger charge is 2.25. The van der Waals surface area contributed by atoms with Crippen LogP contribution in [0.3, 0.4) is 0 Å². The van der Waals surface area contributed by atoms with Crippen molar-refractivity contribution >= 4 is 21.4 Å². The van der Waals surface area contributed by atoms with Gasteiger partial charge >= 0.3 is 5.69 Å². The lowest BCUT2D eigenvalue weighted by Crippen LogP contribution is -2.35. The Hall–Kier alpha value is -1.45. The van der Waals surface area contributed by atoms with Crippen LogP contribution in [0.25, 0.3) is 0 Å². The number of rotatable bonds is 6. The Bertz CT molecular complexity index is 924. The van der Waals surface area contributed by atoms with Gasteiger partial charge in [-0.3, -0.25) is 4.57 Å². The average Bonchev–Trinajstić information content (AvgIpc) is 3.06. The van der Waals surface area contributed by atoms with Crippen LogP contribution >= 0.6 is 11.3 Å². The summed E-state index contributed by atoms with van der Waals surface area (Å²) in [6.07, 6.45) is 2.75. The molecule has 1 atom stereocenters. The van der Waals surface area contributed by atoms with Gasteiger partial charge in [0.05, 0.1) is 0 Å². The molecule has 1 N–H and O–H groups in total. The number of hydrogen-bond donors (Lipinski definition) is 1. The van der Waals surface area contributed by atoms with E-state index in [-0.39, 0.29) is 11.7 Å². The zero-order valence-corrected chi connectivity index (χ0v) is 17.1. The molecule has 0 aromatic carbocycles. The van der Waals surface area contributed by atoms with Crippen LogP contribution in [0, 0.1) is 12.8 Å². The lowest BCUT2D eigenvalue weighted by Gasteiger charge is -2.15. The van der Waals surface area contributed by atoms with Crippen LogP contribution in [0.15, 0.2) is 20.5 Å². The topological polar surface area (TPSA) is 86.0 Å². The fraction of sp³-hybridized carbons (Fsp3) is 0.647. The highest BCUT2D eigenvalue weighted by Crippen LogP contribution is 2.21. The monoisotopic (exact) mass is 398 g/mol. The summed E-state index contributed by atoms with van der Waals surface area (Å²) >= 11 is 1.23. The molecule has 0 saturated heterocycles. The van der Waals surface area contributed by atoms with Crippen LogP contribution in [0.4, 0.5) is 0 Å². The van der Waals surface area contributed by atoms with Gasteiger partial charge in [-0.25, -0.2) is 22.6 Å². The summed E-state index contributed by atoms with van der Waals surface area (Å²) in [4.78, 5) is 12.5. The van der Waals surface area contributed by atoms with Crippen molar-refractivity contribution in [3.8, 4) is 0 Å². The van der Waals surface area contributed by atoms with Crippen LogP contribution in [0.5, 0.6) is 0 Å². The second kappa shape index (κ2) is 7.66. The maximum Gasteiger partial charge on any atom is 0.345 e.